The molecule has 0 rings (SSSR count). The molecule has 0 saturated carbocycles. The van der Waals surface area contributed by atoms with E-state index in [9.17, 15) is 8.96 Å². The van der Waals surface area contributed by atoms with E-state index in [1.54, 1.807) is 0 Å². The molecular formula is C3H3FO3P+. The molecule has 0 aliphatic carbocycles. The first-order valence-corrected chi connectivity index (χ1v) is 2.73. The molecule has 3 nitrogen and oxygen atoms in total. The van der Waals surface area contributed by atoms with Crippen LogP contribution in [0, 0.1) is 12.3 Å². The molecule has 1 N–H and O–H groups in total. The Kier molecular flexibility index (Phi) is 3.29. The standard InChI is InChI=1S/C3H2FO3P/c1-2-3(4)7-8(5)6/h1,3H/p+1. The average Bonchev–Trinajstić information content (AvgIpc) is 1.65. The molecule has 0 aromatic heterocycles. The van der Waals surface area contributed by atoms with Crippen LogP contribution < -0.4 is 0 Å². The van der Waals surface area contributed by atoms with E-state index in [0.717, 1.165) is 0 Å². The molecule has 8 heavy (non-hydrogen) atoms. The van der Waals surface area contributed by atoms with Crippen LogP contribution in [0.3, 0.4) is 0 Å². The molecule has 5 heteroatoms. The van der Waals surface area contributed by atoms with Gasteiger partial charge in [-0.1, -0.05) is 4.52 Å². The van der Waals surface area contributed by atoms with Gasteiger partial charge in [0.25, 0.3) is 0 Å². The number of hydrogen-bond donors (Lipinski definition) is 1. The number of halogens is 1. The van der Waals surface area contributed by atoms with Gasteiger partial charge < -0.3 is 0 Å². The van der Waals surface area contributed by atoms with Crippen molar-refractivity contribution in [3.8, 4) is 12.3 Å². The fourth-order valence-corrected chi connectivity index (χ4v) is 0.329. The SMILES string of the molecule is C#CC(F)O[P+](=O)O. The summed E-state index contributed by atoms with van der Waals surface area (Å²) in [5.74, 6) is 1.46. The van der Waals surface area contributed by atoms with Crippen LogP contribution in [0.4, 0.5) is 4.39 Å². The molecule has 0 fully saturated rings. The third-order valence-electron chi connectivity index (χ3n) is 0.314. The summed E-state index contributed by atoms with van der Waals surface area (Å²) in [5.41, 5.74) is 0. The van der Waals surface area contributed by atoms with Crippen LogP contribution in [0.15, 0.2) is 0 Å². The van der Waals surface area contributed by atoms with Gasteiger partial charge in [0.15, 0.2) is 0 Å². The zero-order valence-corrected chi connectivity index (χ0v) is 4.64. The molecule has 0 saturated heterocycles. The molecule has 0 aliphatic heterocycles. The lowest BCUT2D eigenvalue weighted by molar-refractivity contribution is 0.117. The molecule has 2 unspecified atom stereocenters. The molecule has 0 spiro atoms. The monoisotopic (exact) mass is 137 g/mol. The lowest BCUT2D eigenvalue weighted by Gasteiger charge is -1.81. The van der Waals surface area contributed by atoms with Crippen LogP contribution in [0.25, 0.3) is 0 Å². The summed E-state index contributed by atoms with van der Waals surface area (Å²) < 4.78 is 24.7. The van der Waals surface area contributed by atoms with Gasteiger partial charge in [-0.2, -0.15) is 4.39 Å². The van der Waals surface area contributed by atoms with Gasteiger partial charge in [-0.3, -0.25) is 0 Å². The highest BCUT2D eigenvalue weighted by Crippen LogP contribution is 2.17. The van der Waals surface area contributed by atoms with E-state index < -0.39 is 14.6 Å². The molecule has 0 amide bonds. The minimum Gasteiger partial charge on any atom is -0.196 e. The third kappa shape index (κ3) is 3.69. The maximum atomic E-state index is 11.6. The van der Waals surface area contributed by atoms with E-state index >= 15 is 0 Å². The second-order valence-electron chi connectivity index (χ2n) is 0.826. The zero-order valence-electron chi connectivity index (χ0n) is 3.74. The van der Waals surface area contributed by atoms with Gasteiger partial charge in [-0.05, 0) is 5.92 Å². The van der Waals surface area contributed by atoms with Gasteiger partial charge in [0.05, 0.1) is 0 Å². The molecule has 0 bridgehead atoms. The van der Waals surface area contributed by atoms with Crippen molar-refractivity contribution in [3.05, 3.63) is 0 Å². The first-order valence-electron chi connectivity index (χ1n) is 1.60. The molecule has 0 aromatic rings. The summed E-state index contributed by atoms with van der Waals surface area (Å²) in [7, 11) is -2.91. The minimum absolute atomic E-state index is 1.46. The number of alkyl halides is 1. The summed E-state index contributed by atoms with van der Waals surface area (Å²) >= 11 is 0. The van der Waals surface area contributed by atoms with Crippen molar-refractivity contribution in [3.63, 3.8) is 0 Å². The Hall–Kier alpha value is -0.490. The second kappa shape index (κ2) is 3.50. The van der Waals surface area contributed by atoms with Crippen molar-refractivity contribution >= 4 is 8.25 Å². The number of hydrogen-bond acceptors (Lipinski definition) is 2. The molecule has 2 atom stereocenters. The van der Waals surface area contributed by atoms with Crippen LogP contribution in [0.2, 0.25) is 0 Å². The predicted octanol–water partition coefficient (Wildman–Crippen LogP) is 0.581. The Morgan fingerprint density at radius 3 is 2.62 bits per heavy atom. The van der Waals surface area contributed by atoms with Gasteiger partial charge in [0.1, 0.15) is 0 Å². The second-order valence-corrected chi connectivity index (χ2v) is 1.51. The topological polar surface area (TPSA) is 46.5 Å². The predicted molar refractivity (Wildman–Crippen MR) is 24.6 cm³/mol. The average molecular weight is 137 g/mol. The summed E-state index contributed by atoms with van der Waals surface area (Å²) in [4.78, 5) is 7.81. The van der Waals surface area contributed by atoms with Crippen LogP contribution in [-0.4, -0.2) is 11.3 Å². The smallest absolute Gasteiger partial charge is 0.196 e. The molecule has 0 aromatic carbocycles. The quantitative estimate of drug-likeness (QED) is 0.447. The van der Waals surface area contributed by atoms with Gasteiger partial charge in [-0.15, -0.1) is 11.3 Å². The normalized spacial score (nSPS) is 14.4. The highest BCUT2D eigenvalue weighted by molar-refractivity contribution is 7.32. The summed E-state index contributed by atoms with van der Waals surface area (Å²) in [6.45, 7) is 0. The molecule has 0 radical (unpaired) electrons. The highest BCUT2D eigenvalue weighted by atomic mass is 31.1. The maximum absolute atomic E-state index is 11.6. The van der Waals surface area contributed by atoms with Crippen molar-refractivity contribution in [2.24, 2.45) is 0 Å². The van der Waals surface area contributed by atoms with Crippen molar-refractivity contribution in [2.45, 2.75) is 6.36 Å². The Morgan fingerprint density at radius 1 is 2.00 bits per heavy atom. The van der Waals surface area contributed by atoms with E-state index in [0.29, 0.717) is 0 Å². The van der Waals surface area contributed by atoms with Crippen LogP contribution in [0.1, 0.15) is 0 Å². The minimum atomic E-state index is -2.91. The largest absolute Gasteiger partial charge is 0.698 e. The van der Waals surface area contributed by atoms with Crippen LogP contribution in [-0.2, 0) is 9.09 Å². The van der Waals surface area contributed by atoms with Crippen molar-refractivity contribution < 1.29 is 18.4 Å². The van der Waals surface area contributed by atoms with Gasteiger partial charge in [0, 0.05) is 4.57 Å². The fourth-order valence-electron chi connectivity index (χ4n) is 0.110. The first-order chi connectivity index (χ1) is 3.66. The van der Waals surface area contributed by atoms with Crippen LogP contribution in [0.5, 0.6) is 0 Å². The summed E-state index contributed by atoms with van der Waals surface area (Å²) in [5, 5.41) is 0. The van der Waals surface area contributed by atoms with E-state index in [2.05, 4.69) is 10.9 Å². The van der Waals surface area contributed by atoms with Crippen molar-refractivity contribution in [1.82, 2.24) is 0 Å². The Labute approximate surface area is 46.4 Å². The lowest BCUT2D eigenvalue weighted by atomic mass is 10.7. The number of rotatable bonds is 2. The fraction of sp³-hybridized carbons (Fsp3) is 0.333. The highest BCUT2D eigenvalue weighted by Gasteiger charge is 2.19. The van der Waals surface area contributed by atoms with Gasteiger partial charge in [0.2, 0.25) is 0 Å². The molecule has 0 aliphatic rings. The maximum Gasteiger partial charge on any atom is 0.698 e. The molecule has 0 heterocycles. The van der Waals surface area contributed by atoms with Crippen molar-refractivity contribution in [2.75, 3.05) is 0 Å². The number of terminal acetylenes is 1. The lowest BCUT2D eigenvalue weighted by Crippen LogP contribution is -1.94. The summed E-state index contributed by atoms with van der Waals surface area (Å²) in [6.07, 6.45) is 2.35. The Bertz CT molecular complexity index is 129. The summed E-state index contributed by atoms with van der Waals surface area (Å²) in [6, 6.07) is 0. The first kappa shape index (κ1) is 7.51. The van der Waals surface area contributed by atoms with Gasteiger partial charge in [-0.25, -0.2) is 0 Å². The third-order valence-corrected chi connectivity index (χ3v) is 0.679. The molecular weight excluding hydrogens is 134 g/mol. The van der Waals surface area contributed by atoms with E-state index in [1.807, 2.05) is 0 Å². The van der Waals surface area contributed by atoms with Gasteiger partial charge >= 0.3 is 14.6 Å². The van der Waals surface area contributed by atoms with E-state index in [-0.39, 0.29) is 0 Å². The van der Waals surface area contributed by atoms with Crippen LogP contribution >= 0.6 is 8.25 Å². The van der Waals surface area contributed by atoms with Crippen molar-refractivity contribution in [1.29, 1.82) is 0 Å². The van der Waals surface area contributed by atoms with E-state index in [4.69, 9.17) is 4.89 Å². The Morgan fingerprint density at radius 2 is 2.50 bits per heavy atom. The zero-order chi connectivity index (χ0) is 6.57. The Balaban J connectivity index is 3.43. The molecule has 44 valence electrons. The van der Waals surface area contributed by atoms with E-state index in [1.165, 1.54) is 5.92 Å².